The minimum absolute atomic E-state index is 0.391. The van der Waals surface area contributed by atoms with Gasteiger partial charge in [0.05, 0.1) is 0 Å². The van der Waals surface area contributed by atoms with Gasteiger partial charge in [-0.1, -0.05) is 20.3 Å². The van der Waals surface area contributed by atoms with Gasteiger partial charge in [0.25, 0.3) is 0 Å². The highest BCUT2D eigenvalue weighted by Crippen LogP contribution is 2.09. The normalized spacial score (nSPS) is 16.5. The Balaban J connectivity index is 3.69. The van der Waals surface area contributed by atoms with Gasteiger partial charge in [0.15, 0.2) is 0 Å². The predicted molar refractivity (Wildman–Crippen MR) is 55.3 cm³/mol. The Hall–Kier alpha value is -0.0800. The van der Waals surface area contributed by atoms with Gasteiger partial charge in [-0.25, -0.2) is 0 Å². The van der Waals surface area contributed by atoms with Crippen molar-refractivity contribution in [2.24, 2.45) is 5.73 Å². The minimum atomic E-state index is 0.391. The van der Waals surface area contributed by atoms with Gasteiger partial charge in [0.1, 0.15) is 0 Å². The van der Waals surface area contributed by atoms with Crippen LogP contribution in [0.4, 0.5) is 0 Å². The number of nitrogens with two attached hydrogens (primary N) is 1. The lowest BCUT2D eigenvalue weighted by Crippen LogP contribution is -2.34. The van der Waals surface area contributed by atoms with E-state index < -0.39 is 0 Å². The van der Waals surface area contributed by atoms with Crippen LogP contribution < -0.4 is 5.73 Å². The standard InChI is InChI=1S/C10H24N2/c1-5-7-9(11)8-10(6-2)12(3)4/h9-10H,5-8,11H2,1-4H3/t9-,10-/m0/s1. The third kappa shape index (κ3) is 4.73. The highest BCUT2D eigenvalue weighted by molar-refractivity contribution is 4.71. The van der Waals surface area contributed by atoms with Gasteiger partial charge in [-0.2, -0.15) is 0 Å². The zero-order valence-electron chi connectivity index (χ0n) is 9.01. The van der Waals surface area contributed by atoms with Crippen LogP contribution in [0.2, 0.25) is 0 Å². The van der Waals surface area contributed by atoms with Gasteiger partial charge in [-0.05, 0) is 33.4 Å². The predicted octanol–water partition coefficient (Wildman–Crippen LogP) is 1.84. The second-order valence-corrected chi connectivity index (χ2v) is 3.81. The maximum atomic E-state index is 5.97. The molecule has 0 amide bonds. The third-order valence-electron chi connectivity index (χ3n) is 2.44. The lowest BCUT2D eigenvalue weighted by atomic mass is 10.0. The Bertz CT molecular complexity index is 102. The van der Waals surface area contributed by atoms with E-state index in [1.165, 1.54) is 12.8 Å². The molecule has 0 unspecified atom stereocenters. The summed E-state index contributed by atoms with van der Waals surface area (Å²) in [5.41, 5.74) is 5.97. The Morgan fingerprint density at radius 1 is 1.25 bits per heavy atom. The average molecular weight is 172 g/mol. The molecule has 0 saturated heterocycles. The molecule has 2 heteroatoms. The van der Waals surface area contributed by atoms with E-state index in [-0.39, 0.29) is 0 Å². The summed E-state index contributed by atoms with van der Waals surface area (Å²) in [6.45, 7) is 4.42. The Morgan fingerprint density at radius 3 is 2.17 bits per heavy atom. The second kappa shape index (κ2) is 6.44. The molecule has 2 nitrogen and oxygen atoms in total. The minimum Gasteiger partial charge on any atom is -0.328 e. The summed E-state index contributed by atoms with van der Waals surface area (Å²) in [7, 11) is 4.26. The number of nitrogens with zero attached hydrogens (tertiary/aromatic N) is 1. The lowest BCUT2D eigenvalue weighted by molar-refractivity contribution is 0.254. The monoisotopic (exact) mass is 172 g/mol. The first-order valence-electron chi connectivity index (χ1n) is 5.03. The van der Waals surface area contributed by atoms with E-state index in [0.717, 1.165) is 12.8 Å². The summed E-state index contributed by atoms with van der Waals surface area (Å²) in [5, 5.41) is 0. The van der Waals surface area contributed by atoms with E-state index in [4.69, 9.17) is 5.73 Å². The quantitative estimate of drug-likeness (QED) is 0.662. The van der Waals surface area contributed by atoms with Gasteiger partial charge in [0, 0.05) is 12.1 Å². The van der Waals surface area contributed by atoms with Crippen LogP contribution in [-0.2, 0) is 0 Å². The summed E-state index contributed by atoms with van der Waals surface area (Å²) in [4.78, 5) is 2.27. The zero-order valence-corrected chi connectivity index (χ0v) is 9.01. The van der Waals surface area contributed by atoms with E-state index in [1.54, 1.807) is 0 Å². The van der Waals surface area contributed by atoms with Crippen LogP contribution in [0.3, 0.4) is 0 Å². The molecule has 2 atom stereocenters. The molecule has 0 heterocycles. The number of hydrogen-bond donors (Lipinski definition) is 1. The van der Waals surface area contributed by atoms with Crippen molar-refractivity contribution in [3.63, 3.8) is 0 Å². The molecule has 74 valence electrons. The first kappa shape index (κ1) is 11.9. The van der Waals surface area contributed by atoms with Crippen molar-refractivity contribution in [1.29, 1.82) is 0 Å². The molecule has 0 aliphatic rings. The molecule has 0 aliphatic heterocycles. The molecule has 0 aromatic rings. The van der Waals surface area contributed by atoms with Crippen LogP contribution in [-0.4, -0.2) is 31.1 Å². The fourth-order valence-electron chi connectivity index (χ4n) is 1.58. The van der Waals surface area contributed by atoms with Crippen molar-refractivity contribution in [3.8, 4) is 0 Å². The molecule has 0 aromatic heterocycles. The summed E-state index contributed by atoms with van der Waals surface area (Å²) in [5.74, 6) is 0. The molecular formula is C10H24N2. The molecular weight excluding hydrogens is 148 g/mol. The number of rotatable bonds is 6. The van der Waals surface area contributed by atoms with Gasteiger partial charge >= 0.3 is 0 Å². The van der Waals surface area contributed by atoms with Crippen LogP contribution in [0, 0.1) is 0 Å². The van der Waals surface area contributed by atoms with E-state index in [1.807, 2.05) is 0 Å². The fraction of sp³-hybridized carbons (Fsp3) is 1.00. The van der Waals surface area contributed by atoms with Crippen LogP contribution in [0.25, 0.3) is 0 Å². The first-order valence-corrected chi connectivity index (χ1v) is 5.03. The Kier molecular flexibility index (Phi) is 6.39. The van der Waals surface area contributed by atoms with Crippen molar-refractivity contribution < 1.29 is 0 Å². The van der Waals surface area contributed by atoms with Gasteiger partial charge in [0.2, 0.25) is 0 Å². The topological polar surface area (TPSA) is 29.3 Å². The fourth-order valence-corrected chi connectivity index (χ4v) is 1.58. The van der Waals surface area contributed by atoms with Crippen molar-refractivity contribution in [1.82, 2.24) is 4.90 Å². The molecule has 0 fully saturated rings. The van der Waals surface area contributed by atoms with Crippen LogP contribution in [0.5, 0.6) is 0 Å². The molecule has 0 radical (unpaired) electrons. The number of hydrogen-bond acceptors (Lipinski definition) is 2. The molecule has 0 aromatic carbocycles. The summed E-state index contributed by atoms with van der Waals surface area (Å²) in [6.07, 6.45) is 4.69. The highest BCUT2D eigenvalue weighted by Gasteiger charge is 2.12. The lowest BCUT2D eigenvalue weighted by Gasteiger charge is -2.25. The summed E-state index contributed by atoms with van der Waals surface area (Å²) in [6, 6.07) is 1.05. The van der Waals surface area contributed by atoms with Crippen molar-refractivity contribution in [3.05, 3.63) is 0 Å². The van der Waals surface area contributed by atoms with Gasteiger partial charge < -0.3 is 10.6 Å². The van der Waals surface area contributed by atoms with Crippen molar-refractivity contribution in [2.45, 2.75) is 51.6 Å². The van der Waals surface area contributed by atoms with Gasteiger partial charge in [-0.15, -0.1) is 0 Å². The Labute approximate surface area is 77.1 Å². The van der Waals surface area contributed by atoms with Crippen LogP contribution >= 0.6 is 0 Å². The highest BCUT2D eigenvalue weighted by atomic mass is 15.1. The van der Waals surface area contributed by atoms with Gasteiger partial charge in [-0.3, -0.25) is 0 Å². The third-order valence-corrected chi connectivity index (χ3v) is 2.44. The average Bonchev–Trinajstić information content (AvgIpc) is 2.00. The molecule has 0 bridgehead atoms. The van der Waals surface area contributed by atoms with E-state index >= 15 is 0 Å². The smallest absolute Gasteiger partial charge is 0.0101 e. The molecule has 0 saturated carbocycles. The SMILES string of the molecule is CCC[C@H](N)C[C@H](CC)N(C)C. The van der Waals surface area contributed by atoms with E-state index in [2.05, 4.69) is 32.8 Å². The molecule has 0 rings (SSSR count). The van der Waals surface area contributed by atoms with E-state index in [0.29, 0.717) is 12.1 Å². The molecule has 0 spiro atoms. The molecule has 0 aliphatic carbocycles. The summed E-state index contributed by atoms with van der Waals surface area (Å²) >= 11 is 0. The van der Waals surface area contributed by atoms with Crippen LogP contribution in [0.1, 0.15) is 39.5 Å². The van der Waals surface area contributed by atoms with Crippen molar-refractivity contribution in [2.75, 3.05) is 14.1 Å². The molecule has 12 heavy (non-hydrogen) atoms. The Morgan fingerprint density at radius 2 is 1.83 bits per heavy atom. The maximum absolute atomic E-state index is 5.97. The molecule has 2 N–H and O–H groups in total. The first-order chi connectivity index (χ1) is 5.61. The van der Waals surface area contributed by atoms with Crippen LogP contribution in [0.15, 0.2) is 0 Å². The second-order valence-electron chi connectivity index (χ2n) is 3.81. The largest absolute Gasteiger partial charge is 0.328 e. The zero-order chi connectivity index (χ0) is 9.56. The summed E-state index contributed by atoms with van der Waals surface area (Å²) < 4.78 is 0. The van der Waals surface area contributed by atoms with Crippen molar-refractivity contribution >= 4 is 0 Å². The maximum Gasteiger partial charge on any atom is 0.0101 e. The van der Waals surface area contributed by atoms with E-state index in [9.17, 15) is 0 Å².